The third-order valence-corrected chi connectivity index (χ3v) is 4.45. The SMILES string of the molecule is CC(NCCC1CCCN1C(=O)OC(C)(C)C)c1cccc(C#N)c1. The summed E-state index contributed by atoms with van der Waals surface area (Å²) in [6.07, 6.45) is 2.76. The Kier molecular flexibility index (Phi) is 6.44. The van der Waals surface area contributed by atoms with E-state index in [0.29, 0.717) is 5.56 Å². The van der Waals surface area contributed by atoms with Crippen LogP contribution in [0, 0.1) is 11.3 Å². The van der Waals surface area contributed by atoms with E-state index in [4.69, 9.17) is 10.00 Å². The highest BCUT2D eigenvalue weighted by molar-refractivity contribution is 5.68. The Balaban J connectivity index is 1.84. The number of hydrogen-bond acceptors (Lipinski definition) is 4. The Labute approximate surface area is 151 Å². The molecule has 2 unspecified atom stereocenters. The van der Waals surface area contributed by atoms with Gasteiger partial charge in [0.1, 0.15) is 5.60 Å². The normalized spacial score (nSPS) is 18.7. The number of carbonyl (C=O) groups excluding carboxylic acids is 1. The molecule has 1 aliphatic heterocycles. The van der Waals surface area contributed by atoms with E-state index < -0.39 is 5.60 Å². The minimum Gasteiger partial charge on any atom is -0.444 e. The molecule has 5 heteroatoms. The fourth-order valence-corrected chi connectivity index (χ4v) is 3.16. The molecule has 0 radical (unpaired) electrons. The van der Waals surface area contributed by atoms with Crippen LogP contribution in [-0.2, 0) is 4.74 Å². The number of ether oxygens (including phenoxy) is 1. The van der Waals surface area contributed by atoms with E-state index in [2.05, 4.69) is 18.3 Å². The first kappa shape index (κ1) is 19.3. The third kappa shape index (κ3) is 5.75. The molecule has 1 aromatic carbocycles. The molecule has 1 amide bonds. The van der Waals surface area contributed by atoms with Gasteiger partial charge in [0, 0.05) is 18.6 Å². The largest absolute Gasteiger partial charge is 0.444 e. The zero-order valence-electron chi connectivity index (χ0n) is 15.7. The number of rotatable bonds is 5. The van der Waals surface area contributed by atoms with Gasteiger partial charge in [-0.1, -0.05) is 12.1 Å². The van der Waals surface area contributed by atoms with Crippen molar-refractivity contribution in [2.75, 3.05) is 13.1 Å². The maximum atomic E-state index is 12.3. The summed E-state index contributed by atoms with van der Waals surface area (Å²) in [5, 5.41) is 12.5. The molecule has 1 aliphatic rings. The molecule has 5 nitrogen and oxygen atoms in total. The lowest BCUT2D eigenvalue weighted by Gasteiger charge is -2.29. The zero-order chi connectivity index (χ0) is 18.4. The Morgan fingerprint density at radius 2 is 2.24 bits per heavy atom. The molecule has 2 rings (SSSR count). The fourth-order valence-electron chi connectivity index (χ4n) is 3.16. The van der Waals surface area contributed by atoms with E-state index in [1.165, 1.54) is 0 Å². The predicted molar refractivity (Wildman–Crippen MR) is 98.2 cm³/mol. The molecule has 0 aromatic heterocycles. The highest BCUT2D eigenvalue weighted by Gasteiger charge is 2.31. The molecular formula is C20H29N3O2. The first-order valence-corrected chi connectivity index (χ1v) is 9.03. The van der Waals surface area contributed by atoms with Crippen molar-refractivity contribution in [3.8, 4) is 6.07 Å². The van der Waals surface area contributed by atoms with Gasteiger partial charge < -0.3 is 15.0 Å². The molecule has 1 saturated heterocycles. The third-order valence-electron chi connectivity index (χ3n) is 4.45. The van der Waals surface area contributed by atoms with Crippen LogP contribution in [0.1, 0.15) is 64.1 Å². The van der Waals surface area contributed by atoms with Crippen LogP contribution >= 0.6 is 0 Å². The minimum absolute atomic E-state index is 0.171. The van der Waals surface area contributed by atoms with Crippen molar-refractivity contribution in [3.05, 3.63) is 35.4 Å². The van der Waals surface area contributed by atoms with E-state index in [0.717, 1.165) is 37.9 Å². The van der Waals surface area contributed by atoms with Gasteiger partial charge in [-0.2, -0.15) is 5.26 Å². The number of nitrogens with zero attached hydrogens (tertiary/aromatic N) is 2. The summed E-state index contributed by atoms with van der Waals surface area (Å²) in [6.45, 7) is 9.38. The van der Waals surface area contributed by atoms with Crippen molar-refractivity contribution in [2.24, 2.45) is 0 Å². The van der Waals surface area contributed by atoms with Gasteiger partial charge in [0.25, 0.3) is 0 Å². The van der Waals surface area contributed by atoms with Crippen molar-refractivity contribution in [1.29, 1.82) is 5.26 Å². The summed E-state index contributed by atoms with van der Waals surface area (Å²) in [5.41, 5.74) is 1.33. The Hall–Kier alpha value is -2.06. The second kappa shape index (κ2) is 8.35. The van der Waals surface area contributed by atoms with Gasteiger partial charge in [-0.05, 0) is 71.2 Å². The molecule has 0 spiro atoms. The maximum Gasteiger partial charge on any atom is 0.410 e. The number of nitrogens with one attached hydrogen (secondary N) is 1. The van der Waals surface area contributed by atoms with Gasteiger partial charge in [-0.15, -0.1) is 0 Å². The molecule has 2 atom stereocenters. The van der Waals surface area contributed by atoms with Crippen molar-refractivity contribution in [1.82, 2.24) is 10.2 Å². The van der Waals surface area contributed by atoms with Gasteiger partial charge in [-0.25, -0.2) is 4.79 Å². The number of amides is 1. The highest BCUT2D eigenvalue weighted by atomic mass is 16.6. The van der Waals surface area contributed by atoms with E-state index in [1.807, 2.05) is 49.9 Å². The summed E-state index contributed by atoms with van der Waals surface area (Å²) in [7, 11) is 0. The van der Waals surface area contributed by atoms with Crippen molar-refractivity contribution < 1.29 is 9.53 Å². The minimum atomic E-state index is -0.456. The van der Waals surface area contributed by atoms with Gasteiger partial charge in [0.05, 0.1) is 11.6 Å². The molecule has 0 saturated carbocycles. The molecular weight excluding hydrogens is 314 g/mol. The summed E-state index contributed by atoms with van der Waals surface area (Å²) in [5.74, 6) is 0. The van der Waals surface area contributed by atoms with Crippen LogP contribution in [0.25, 0.3) is 0 Å². The summed E-state index contributed by atoms with van der Waals surface area (Å²) in [4.78, 5) is 14.2. The molecule has 136 valence electrons. The molecule has 0 bridgehead atoms. The summed E-state index contributed by atoms with van der Waals surface area (Å²) in [6, 6.07) is 10.2. The Morgan fingerprint density at radius 1 is 1.48 bits per heavy atom. The van der Waals surface area contributed by atoms with Crippen LogP contribution in [0.5, 0.6) is 0 Å². The van der Waals surface area contributed by atoms with Gasteiger partial charge in [0.15, 0.2) is 0 Å². The van der Waals surface area contributed by atoms with Gasteiger partial charge in [0.2, 0.25) is 0 Å². The fraction of sp³-hybridized carbons (Fsp3) is 0.600. The number of nitriles is 1. The van der Waals surface area contributed by atoms with E-state index >= 15 is 0 Å². The summed E-state index contributed by atoms with van der Waals surface area (Å²) < 4.78 is 5.51. The average molecular weight is 343 g/mol. The molecule has 1 aromatic rings. The molecule has 1 N–H and O–H groups in total. The second-order valence-corrected chi connectivity index (χ2v) is 7.67. The predicted octanol–water partition coefficient (Wildman–Crippen LogP) is 4.00. The van der Waals surface area contributed by atoms with Crippen molar-refractivity contribution in [3.63, 3.8) is 0 Å². The van der Waals surface area contributed by atoms with Crippen LogP contribution < -0.4 is 5.32 Å². The van der Waals surface area contributed by atoms with Crippen LogP contribution in [0.15, 0.2) is 24.3 Å². The summed E-state index contributed by atoms with van der Waals surface area (Å²) >= 11 is 0. The number of likely N-dealkylation sites (tertiary alicyclic amines) is 1. The van der Waals surface area contributed by atoms with Crippen LogP contribution in [0.4, 0.5) is 4.79 Å². The van der Waals surface area contributed by atoms with Gasteiger partial charge >= 0.3 is 6.09 Å². The van der Waals surface area contributed by atoms with Crippen molar-refractivity contribution in [2.45, 2.75) is 64.6 Å². The van der Waals surface area contributed by atoms with E-state index in [1.54, 1.807) is 0 Å². The van der Waals surface area contributed by atoms with Crippen LogP contribution in [-0.4, -0.2) is 35.7 Å². The van der Waals surface area contributed by atoms with Crippen molar-refractivity contribution >= 4 is 6.09 Å². The number of carbonyl (C=O) groups is 1. The molecule has 1 heterocycles. The van der Waals surface area contributed by atoms with Crippen LogP contribution in [0.3, 0.4) is 0 Å². The first-order chi connectivity index (χ1) is 11.8. The van der Waals surface area contributed by atoms with E-state index in [-0.39, 0.29) is 18.2 Å². The number of hydrogen-bond donors (Lipinski definition) is 1. The maximum absolute atomic E-state index is 12.3. The quantitative estimate of drug-likeness (QED) is 0.877. The average Bonchev–Trinajstić information content (AvgIpc) is 3.02. The Bertz CT molecular complexity index is 631. The second-order valence-electron chi connectivity index (χ2n) is 7.67. The first-order valence-electron chi connectivity index (χ1n) is 9.03. The highest BCUT2D eigenvalue weighted by Crippen LogP contribution is 2.23. The topological polar surface area (TPSA) is 65.4 Å². The van der Waals surface area contributed by atoms with Gasteiger partial charge in [-0.3, -0.25) is 0 Å². The monoisotopic (exact) mass is 343 g/mol. The lowest BCUT2D eigenvalue weighted by Crippen LogP contribution is -2.41. The zero-order valence-corrected chi connectivity index (χ0v) is 15.7. The lowest BCUT2D eigenvalue weighted by atomic mass is 10.1. The molecule has 25 heavy (non-hydrogen) atoms. The lowest BCUT2D eigenvalue weighted by molar-refractivity contribution is 0.0220. The standard InChI is InChI=1S/C20H29N3O2/c1-15(17-8-5-7-16(13-17)14-21)22-11-10-18-9-6-12-23(18)19(24)25-20(2,3)4/h5,7-8,13,15,18,22H,6,9-12H2,1-4H3. The Morgan fingerprint density at radius 3 is 2.92 bits per heavy atom. The smallest absolute Gasteiger partial charge is 0.410 e. The molecule has 1 fully saturated rings. The van der Waals surface area contributed by atoms with E-state index in [9.17, 15) is 4.79 Å². The van der Waals surface area contributed by atoms with Crippen LogP contribution in [0.2, 0.25) is 0 Å². The molecule has 0 aliphatic carbocycles. The number of benzene rings is 1.